The van der Waals surface area contributed by atoms with Crippen LogP contribution in [0.2, 0.25) is 0 Å². The molecule has 100 valence electrons. The van der Waals surface area contributed by atoms with Gasteiger partial charge in [-0.2, -0.15) is 0 Å². The second-order valence-electron chi connectivity index (χ2n) is 4.16. The highest BCUT2D eigenvalue weighted by Gasteiger charge is 2.11. The molecule has 3 rings (SSSR count). The number of oxazole rings is 1. The van der Waals surface area contributed by atoms with Crippen LogP contribution in [0.15, 0.2) is 51.7 Å². The van der Waals surface area contributed by atoms with Crippen molar-refractivity contribution in [1.29, 1.82) is 0 Å². The topological polar surface area (TPSA) is 75.1 Å². The zero-order valence-electron chi connectivity index (χ0n) is 10.1. The molecule has 0 saturated heterocycles. The number of hydrogen-bond donors (Lipinski definition) is 2. The highest BCUT2D eigenvalue weighted by Crippen LogP contribution is 2.17. The zero-order valence-corrected chi connectivity index (χ0v) is 10.1. The number of carbonyl (C=O) groups is 1. The first-order chi connectivity index (χ1) is 9.63. The quantitative estimate of drug-likeness (QED) is 0.752. The predicted octanol–water partition coefficient (Wildman–Crippen LogP) is 2.51. The molecule has 0 fully saturated rings. The van der Waals surface area contributed by atoms with Crippen LogP contribution in [0.4, 0.5) is 10.1 Å². The molecule has 2 aromatic carbocycles. The van der Waals surface area contributed by atoms with Crippen LogP contribution in [-0.2, 0) is 0 Å². The Labute approximate surface area is 112 Å². The summed E-state index contributed by atoms with van der Waals surface area (Å²) in [7, 11) is 0. The van der Waals surface area contributed by atoms with E-state index in [-0.39, 0.29) is 5.56 Å². The fraction of sp³-hybridized carbons (Fsp3) is 0. The van der Waals surface area contributed by atoms with Gasteiger partial charge in [-0.1, -0.05) is 12.1 Å². The Balaban J connectivity index is 1.91. The zero-order chi connectivity index (χ0) is 14.1. The minimum atomic E-state index is -0.595. The summed E-state index contributed by atoms with van der Waals surface area (Å²) in [5.74, 6) is -1.73. The second-order valence-corrected chi connectivity index (χ2v) is 4.16. The van der Waals surface area contributed by atoms with Crippen LogP contribution in [-0.4, -0.2) is 10.9 Å². The molecular weight excluding hydrogens is 263 g/mol. The normalized spacial score (nSPS) is 10.7. The van der Waals surface area contributed by atoms with E-state index in [0.717, 1.165) is 0 Å². The predicted molar refractivity (Wildman–Crippen MR) is 71.2 cm³/mol. The Bertz CT molecular complexity index is 851. The van der Waals surface area contributed by atoms with Crippen LogP contribution in [0.1, 0.15) is 10.4 Å². The molecule has 0 unspecified atom stereocenters. The summed E-state index contributed by atoms with van der Waals surface area (Å²) in [6.07, 6.45) is 0. The van der Waals surface area contributed by atoms with Crippen LogP contribution in [0.3, 0.4) is 0 Å². The number of rotatable bonds is 2. The monoisotopic (exact) mass is 272 g/mol. The maximum absolute atomic E-state index is 13.5. The molecule has 0 atom stereocenters. The number of fused-ring (bicyclic) bond motifs is 1. The van der Waals surface area contributed by atoms with Crippen LogP contribution >= 0.6 is 0 Å². The summed E-state index contributed by atoms with van der Waals surface area (Å²) in [5.41, 5.74) is 1.23. The highest BCUT2D eigenvalue weighted by molar-refractivity contribution is 6.05. The molecule has 0 spiro atoms. The van der Waals surface area contributed by atoms with Gasteiger partial charge in [0.2, 0.25) is 0 Å². The van der Waals surface area contributed by atoms with Gasteiger partial charge in [-0.05, 0) is 30.3 Å². The van der Waals surface area contributed by atoms with Crippen molar-refractivity contribution >= 4 is 22.7 Å². The number of anilines is 1. The Kier molecular flexibility index (Phi) is 2.83. The van der Waals surface area contributed by atoms with Crippen molar-refractivity contribution in [2.45, 2.75) is 0 Å². The summed E-state index contributed by atoms with van der Waals surface area (Å²) >= 11 is 0. The average molecular weight is 272 g/mol. The Morgan fingerprint density at radius 3 is 2.80 bits per heavy atom. The molecule has 20 heavy (non-hydrogen) atoms. The van der Waals surface area contributed by atoms with Gasteiger partial charge in [-0.3, -0.25) is 9.78 Å². The smallest absolute Gasteiger partial charge is 0.408 e. The van der Waals surface area contributed by atoms with E-state index < -0.39 is 17.5 Å². The van der Waals surface area contributed by atoms with Crippen molar-refractivity contribution in [1.82, 2.24) is 4.98 Å². The molecule has 0 saturated carbocycles. The molecule has 0 aliphatic carbocycles. The van der Waals surface area contributed by atoms with Gasteiger partial charge in [0.15, 0.2) is 5.58 Å². The molecule has 2 N–H and O–H groups in total. The fourth-order valence-electron chi connectivity index (χ4n) is 1.87. The number of amides is 1. The summed E-state index contributed by atoms with van der Waals surface area (Å²) in [4.78, 5) is 25.4. The van der Waals surface area contributed by atoms with Crippen molar-refractivity contribution in [3.63, 3.8) is 0 Å². The summed E-state index contributed by atoms with van der Waals surface area (Å²) in [6.45, 7) is 0. The number of aromatic amines is 1. The number of halogens is 1. The van der Waals surface area contributed by atoms with E-state index in [1.165, 1.54) is 18.2 Å². The van der Waals surface area contributed by atoms with Gasteiger partial charge in [0.05, 0.1) is 11.1 Å². The molecule has 1 heterocycles. The molecule has 0 aliphatic rings. The van der Waals surface area contributed by atoms with E-state index >= 15 is 0 Å². The Morgan fingerprint density at radius 1 is 1.20 bits per heavy atom. The molecule has 0 aliphatic heterocycles. The van der Waals surface area contributed by atoms with E-state index in [2.05, 4.69) is 10.3 Å². The molecule has 0 radical (unpaired) electrons. The first-order valence-corrected chi connectivity index (χ1v) is 5.82. The Hall–Kier alpha value is -2.89. The van der Waals surface area contributed by atoms with Crippen molar-refractivity contribution in [3.05, 3.63) is 64.4 Å². The number of aromatic nitrogens is 1. The van der Waals surface area contributed by atoms with Crippen LogP contribution in [0.25, 0.3) is 11.1 Å². The molecule has 3 aromatic rings. The molecule has 6 heteroatoms. The van der Waals surface area contributed by atoms with E-state index in [9.17, 15) is 14.0 Å². The first kappa shape index (κ1) is 12.2. The van der Waals surface area contributed by atoms with Crippen LogP contribution in [0.5, 0.6) is 0 Å². The van der Waals surface area contributed by atoms with Gasteiger partial charge in [-0.25, -0.2) is 9.18 Å². The van der Waals surface area contributed by atoms with Gasteiger partial charge < -0.3 is 9.73 Å². The number of carbonyl (C=O) groups excluding carboxylic acids is 1. The maximum Gasteiger partial charge on any atom is 0.417 e. The number of hydrogen-bond acceptors (Lipinski definition) is 3. The van der Waals surface area contributed by atoms with E-state index in [0.29, 0.717) is 16.8 Å². The van der Waals surface area contributed by atoms with Gasteiger partial charge in [0, 0.05) is 5.69 Å². The van der Waals surface area contributed by atoms with Crippen molar-refractivity contribution < 1.29 is 13.6 Å². The molecule has 0 bridgehead atoms. The van der Waals surface area contributed by atoms with Gasteiger partial charge in [0.25, 0.3) is 5.91 Å². The van der Waals surface area contributed by atoms with Gasteiger partial charge >= 0.3 is 5.76 Å². The van der Waals surface area contributed by atoms with E-state index in [4.69, 9.17) is 4.42 Å². The largest absolute Gasteiger partial charge is 0.417 e. The lowest BCUT2D eigenvalue weighted by Crippen LogP contribution is -2.13. The lowest BCUT2D eigenvalue weighted by Gasteiger charge is -2.05. The van der Waals surface area contributed by atoms with Crippen molar-refractivity contribution in [3.8, 4) is 0 Å². The summed E-state index contributed by atoms with van der Waals surface area (Å²) in [6, 6.07) is 10.3. The van der Waals surface area contributed by atoms with Crippen molar-refractivity contribution in [2.75, 3.05) is 5.32 Å². The maximum atomic E-state index is 13.5. The third-order valence-corrected chi connectivity index (χ3v) is 2.80. The fourth-order valence-corrected chi connectivity index (χ4v) is 1.87. The van der Waals surface area contributed by atoms with Gasteiger partial charge in [0.1, 0.15) is 5.82 Å². The third kappa shape index (κ3) is 2.18. The standard InChI is InChI=1S/C14H9FN2O3/c15-10-4-2-1-3-9(10)13(18)16-8-5-6-12-11(7-8)17-14(19)20-12/h1-7H,(H,16,18)(H,17,19). The summed E-state index contributed by atoms with van der Waals surface area (Å²) < 4.78 is 18.3. The molecule has 1 aromatic heterocycles. The lowest BCUT2D eigenvalue weighted by molar-refractivity contribution is 0.102. The number of nitrogens with one attached hydrogen (secondary N) is 2. The molecule has 5 nitrogen and oxygen atoms in total. The number of H-pyrrole nitrogens is 1. The van der Waals surface area contributed by atoms with E-state index in [1.807, 2.05) is 0 Å². The minimum absolute atomic E-state index is 0.0479. The second kappa shape index (κ2) is 4.65. The Morgan fingerprint density at radius 2 is 2.00 bits per heavy atom. The van der Waals surface area contributed by atoms with Gasteiger partial charge in [-0.15, -0.1) is 0 Å². The lowest BCUT2D eigenvalue weighted by atomic mass is 10.2. The molecular formula is C14H9FN2O3. The summed E-state index contributed by atoms with van der Waals surface area (Å²) in [5, 5.41) is 2.56. The molecule has 1 amide bonds. The van der Waals surface area contributed by atoms with E-state index in [1.54, 1.807) is 24.3 Å². The number of benzene rings is 2. The SMILES string of the molecule is O=C(Nc1ccc2oc(=O)[nH]c2c1)c1ccccc1F. The van der Waals surface area contributed by atoms with Crippen molar-refractivity contribution in [2.24, 2.45) is 0 Å². The minimum Gasteiger partial charge on any atom is -0.408 e. The first-order valence-electron chi connectivity index (χ1n) is 5.82. The average Bonchev–Trinajstić information content (AvgIpc) is 2.78. The van der Waals surface area contributed by atoms with Crippen LogP contribution in [0, 0.1) is 5.82 Å². The third-order valence-electron chi connectivity index (χ3n) is 2.80. The van der Waals surface area contributed by atoms with Crippen LogP contribution < -0.4 is 11.1 Å². The highest BCUT2D eigenvalue weighted by atomic mass is 19.1.